The van der Waals surface area contributed by atoms with E-state index in [-0.39, 0.29) is 0 Å². The molecule has 1 aromatic carbocycles. The largest absolute Gasteiger partial charge is 0.374 e. The highest BCUT2D eigenvalue weighted by Gasteiger charge is 2.01. The molecule has 0 aliphatic rings. The molecule has 0 heterocycles. The molecule has 0 saturated heterocycles. The number of nitrogens with zero attached hydrogens (tertiary/aromatic N) is 4. The van der Waals surface area contributed by atoms with Crippen LogP contribution in [0.2, 0.25) is 0 Å². The van der Waals surface area contributed by atoms with Crippen LogP contribution in [-0.4, -0.2) is 20.1 Å². The molecule has 1 aromatic rings. The standard InChI is InChI=1S/C10H14N4/c1-9-5-3-4-6-10(9)14(2)8-7-12-13-11/h3-6H,7-8H2,1-2H3. The van der Waals surface area contributed by atoms with Gasteiger partial charge in [-0.05, 0) is 24.1 Å². The molecule has 0 aromatic heterocycles. The maximum atomic E-state index is 8.14. The van der Waals surface area contributed by atoms with E-state index in [2.05, 4.69) is 34.0 Å². The first-order chi connectivity index (χ1) is 6.75. The minimum absolute atomic E-state index is 0.501. The summed E-state index contributed by atoms with van der Waals surface area (Å²) < 4.78 is 0. The number of para-hydroxylation sites is 1. The Bertz CT molecular complexity index is 342. The molecular weight excluding hydrogens is 176 g/mol. The lowest BCUT2D eigenvalue weighted by molar-refractivity contribution is 0.876. The fourth-order valence-electron chi connectivity index (χ4n) is 1.35. The van der Waals surface area contributed by atoms with Gasteiger partial charge in [0.2, 0.25) is 0 Å². The zero-order chi connectivity index (χ0) is 10.4. The van der Waals surface area contributed by atoms with Gasteiger partial charge in [0, 0.05) is 30.7 Å². The number of likely N-dealkylation sites (N-methyl/N-ethyl adjacent to an activating group) is 1. The summed E-state index contributed by atoms with van der Waals surface area (Å²) in [5, 5.41) is 3.51. The molecule has 0 N–H and O–H groups in total. The summed E-state index contributed by atoms with van der Waals surface area (Å²) in [6, 6.07) is 8.15. The van der Waals surface area contributed by atoms with Crippen molar-refractivity contribution in [1.82, 2.24) is 0 Å². The van der Waals surface area contributed by atoms with Crippen molar-refractivity contribution in [2.45, 2.75) is 6.92 Å². The molecule has 0 bridgehead atoms. The number of hydrogen-bond donors (Lipinski definition) is 0. The van der Waals surface area contributed by atoms with Gasteiger partial charge in [-0.25, -0.2) is 0 Å². The van der Waals surface area contributed by atoms with Crippen molar-refractivity contribution in [2.75, 3.05) is 25.0 Å². The predicted octanol–water partition coefficient (Wildman–Crippen LogP) is 2.74. The highest BCUT2D eigenvalue weighted by atomic mass is 15.2. The Balaban J connectivity index is 2.64. The molecule has 0 saturated carbocycles. The van der Waals surface area contributed by atoms with Gasteiger partial charge in [0.15, 0.2) is 0 Å². The average molecular weight is 190 g/mol. The summed E-state index contributed by atoms with van der Waals surface area (Å²) >= 11 is 0. The Hall–Kier alpha value is -1.67. The number of azide groups is 1. The number of hydrogen-bond acceptors (Lipinski definition) is 2. The summed E-state index contributed by atoms with van der Waals surface area (Å²) in [6.07, 6.45) is 0. The first kappa shape index (κ1) is 10.4. The zero-order valence-corrected chi connectivity index (χ0v) is 8.51. The van der Waals surface area contributed by atoms with E-state index in [0.29, 0.717) is 6.54 Å². The second-order valence-electron chi connectivity index (χ2n) is 3.16. The summed E-state index contributed by atoms with van der Waals surface area (Å²) in [6.45, 7) is 3.32. The Morgan fingerprint density at radius 2 is 2.14 bits per heavy atom. The predicted molar refractivity (Wildman–Crippen MR) is 58.5 cm³/mol. The zero-order valence-electron chi connectivity index (χ0n) is 8.51. The van der Waals surface area contributed by atoms with Gasteiger partial charge in [-0.3, -0.25) is 0 Å². The van der Waals surface area contributed by atoms with Crippen molar-refractivity contribution in [1.29, 1.82) is 0 Å². The first-order valence-electron chi connectivity index (χ1n) is 4.53. The van der Waals surface area contributed by atoms with E-state index in [0.717, 1.165) is 6.54 Å². The van der Waals surface area contributed by atoms with Crippen LogP contribution < -0.4 is 4.90 Å². The molecule has 0 unspecified atom stereocenters. The highest BCUT2D eigenvalue weighted by Crippen LogP contribution is 2.16. The summed E-state index contributed by atoms with van der Waals surface area (Å²) in [4.78, 5) is 4.81. The topological polar surface area (TPSA) is 52.0 Å². The van der Waals surface area contributed by atoms with Gasteiger partial charge < -0.3 is 4.90 Å². The van der Waals surface area contributed by atoms with Crippen LogP contribution in [0.5, 0.6) is 0 Å². The quantitative estimate of drug-likeness (QED) is 0.409. The molecule has 0 fully saturated rings. The van der Waals surface area contributed by atoms with Gasteiger partial charge in [-0.1, -0.05) is 23.3 Å². The molecule has 14 heavy (non-hydrogen) atoms. The normalized spacial score (nSPS) is 9.29. The Morgan fingerprint density at radius 3 is 2.79 bits per heavy atom. The molecule has 0 aliphatic heterocycles. The van der Waals surface area contributed by atoms with Crippen molar-refractivity contribution in [3.8, 4) is 0 Å². The summed E-state index contributed by atoms with van der Waals surface area (Å²) in [5.74, 6) is 0. The van der Waals surface area contributed by atoms with E-state index in [4.69, 9.17) is 5.53 Å². The first-order valence-corrected chi connectivity index (χ1v) is 4.53. The summed E-state index contributed by atoms with van der Waals surface area (Å²) in [7, 11) is 2.00. The summed E-state index contributed by atoms with van der Waals surface area (Å²) in [5.41, 5.74) is 10.6. The third-order valence-corrected chi connectivity index (χ3v) is 2.13. The average Bonchev–Trinajstić information content (AvgIpc) is 2.18. The molecule has 0 spiro atoms. The minimum atomic E-state index is 0.501. The molecule has 1 rings (SSSR count). The second-order valence-corrected chi connectivity index (χ2v) is 3.16. The van der Waals surface area contributed by atoms with Gasteiger partial charge in [0.05, 0.1) is 0 Å². The van der Waals surface area contributed by atoms with E-state index < -0.39 is 0 Å². The van der Waals surface area contributed by atoms with Crippen molar-refractivity contribution < 1.29 is 0 Å². The molecular formula is C10H14N4. The van der Waals surface area contributed by atoms with Crippen LogP contribution in [0.25, 0.3) is 10.4 Å². The SMILES string of the molecule is Cc1ccccc1N(C)CCN=[N+]=[N-]. The third-order valence-electron chi connectivity index (χ3n) is 2.13. The molecule has 0 radical (unpaired) electrons. The van der Waals surface area contributed by atoms with Crippen LogP contribution >= 0.6 is 0 Å². The molecule has 4 heteroatoms. The Kier molecular flexibility index (Phi) is 3.83. The van der Waals surface area contributed by atoms with E-state index >= 15 is 0 Å². The van der Waals surface area contributed by atoms with E-state index in [1.807, 2.05) is 19.2 Å². The van der Waals surface area contributed by atoms with Crippen LogP contribution in [0.4, 0.5) is 5.69 Å². The van der Waals surface area contributed by atoms with Crippen molar-refractivity contribution >= 4 is 5.69 Å². The van der Waals surface area contributed by atoms with Gasteiger partial charge in [-0.2, -0.15) is 0 Å². The van der Waals surface area contributed by atoms with Crippen molar-refractivity contribution in [2.24, 2.45) is 5.11 Å². The molecule has 74 valence electrons. The van der Waals surface area contributed by atoms with Crippen molar-refractivity contribution in [3.63, 3.8) is 0 Å². The fourth-order valence-corrected chi connectivity index (χ4v) is 1.35. The van der Waals surface area contributed by atoms with Crippen LogP contribution in [0.1, 0.15) is 5.56 Å². The lowest BCUT2D eigenvalue weighted by Crippen LogP contribution is -2.21. The monoisotopic (exact) mass is 190 g/mol. The second kappa shape index (κ2) is 5.14. The Morgan fingerprint density at radius 1 is 1.43 bits per heavy atom. The molecule has 0 amide bonds. The maximum absolute atomic E-state index is 8.14. The highest BCUT2D eigenvalue weighted by molar-refractivity contribution is 5.52. The minimum Gasteiger partial charge on any atom is -0.374 e. The van der Waals surface area contributed by atoms with E-state index in [1.165, 1.54) is 11.3 Å². The molecule has 4 nitrogen and oxygen atoms in total. The van der Waals surface area contributed by atoms with E-state index in [1.54, 1.807) is 0 Å². The lowest BCUT2D eigenvalue weighted by Gasteiger charge is -2.20. The molecule has 0 atom stereocenters. The van der Waals surface area contributed by atoms with Gasteiger partial charge in [-0.15, -0.1) is 0 Å². The number of anilines is 1. The third kappa shape index (κ3) is 2.68. The molecule has 0 aliphatic carbocycles. The maximum Gasteiger partial charge on any atom is 0.0434 e. The van der Waals surface area contributed by atoms with Gasteiger partial charge >= 0.3 is 0 Å². The van der Waals surface area contributed by atoms with Crippen LogP contribution in [-0.2, 0) is 0 Å². The number of aryl methyl sites for hydroxylation is 1. The van der Waals surface area contributed by atoms with Gasteiger partial charge in [0.1, 0.15) is 0 Å². The Labute approximate surface area is 83.8 Å². The number of benzene rings is 1. The van der Waals surface area contributed by atoms with Crippen LogP contribution in [0.15, 0.2) is 29.4 Å². The number of rotatable bonds is 4. The van der Waals surface area contributed by atoms with Crippen molar-refractivity contribution in [3.05, 3.63) is 40.3 Å². The van der Waals surface area contributed by atoms with E-state index in [9.17, 15) is 0 Å². The van der Waals surface area contributed by atoms with Gasteiger partial charge in [0.25, 0.3) is 0 Å². The smallest absolute Gasteiger partial charge is 0.0434 e. The lowest BCUT2D eigenvalue weighted by atomic mass is 10.2. The fraction of sp³-hybridized carbons (Fsp3) is 0.400. The van der Waals surface area contributed by atoms with Crippen LogP contribution in [0.3, 0.4) is 0 Å². The van der Waals surface area contributed by atoms with Crippen LogP contribution in [0, 0.1) is 6.92 Å².